The van der Waals surface area contributed by atoms with Gasteiger partial charge in [-0.1, -0.05) is 0 Å². The van der Waals surface area contributed by atoms with Crippen molar-refractivity contribution in [3.63, 3.8) is 0 Å². The first-order chi connectivity index (χ1) is 12.1. The summed E-state index contributed by atoms with van der Waals surface area (Å²) in [5.41, 5.74) is 0. The molecule has 0 saturated heterocycles. The predicted octanol–water partition coefficient (Wildman–Crippen LogP) is 6.09. The summed E-state index contributed by atoms with van der Waals surface area (Å²) in [7, 11) is -3.95. The molecule has 0 aliphatic heterocycles. The van der Waals surface area contributed by atoms with Crippen molar-refractivity contribution in [3.05, 3.63) is 84.9 Å². The fourth-order valence-electron chi connectivity index (χ4n) is 2.86. The van der Waals surface area contributed by atoms with E-state index in [9.17, 15) is 4.89 Å². The number of hydrogen-bond donors (Lipinski definition) is 1. The number of rotatable bonds is 4. The molecule has 4 aromatic rings. The van der Waals surface area contributed by atoms with E-state index in [4.69, 9.17) is 20.3 Å². The first-order valence-electron chi connectivity index (χ1n) is 7.87. The molecule has 0 unspecified atom stereocenters. The van der Waals surface area contributed by atoms with E-state index >= 15 is 0 Å². The first kappa shape index (κ1) is 16.2. The quantitative estimate of drug-likeness (QED) is 0.442. The minimum absolute atomic E-state index is 0.502. The second-order valence-electron chi connectivity index (χ2n) is 5.66. The van der Waals surface area contributed by atoms with Gasteiger partial charge in [0.1, 0.15) is 0 Å². The van der Waals surface area contributed by atoms with Crippen molar-refractivity contribution in [1.82, 2.24) is 0 Å². The summed E-state index contributed by atoms with van der Waals surface area (Å²) in [4.78, 5) is 10.6. The van der Waals surface area contributed by atoms with Gasteiger partial charge >= 0.3 is 150 Å². The van der Waals surface area contributed by atoms with Crippen LogP contribution in [-0.4, -0.2) is 4.89 Å². The summed E-state index contributed by atoms with van der Waals surface area (Å²) in [6.45, 7) is 0. The van der Waals surface area contributed by atoms with Gasteiger partial charge in [-0.05, 0) is 0 Å². The predicted molar refractivity (Wildman–Crippen MR) is 106 cm³/mol. The third-order valence-corrected chi connectivity index (χ3v) is 5.38. The molecule has 0 aromatic heterocycles. The molecule has 0 fully saturated rings. The molecule has 0 aliphatic rings. The Morgan fingerprint density at radius 2 is 1.00 bits per heavy atom. The maximum absolute atomic E-state index is 10.6. The minimum atomic E-state index is -3.95. The summed E-state index contributed by atoms with van der Waals surface area (Å²) in [5, 5.41) is 3.76. The van der Waals surface area contributed by atoms with Crippen molar-refractivity contribution in [2.24, 2.45) is 0 Å². The van der Waals surface area contributed by atoms with Crippen molar-refractivity contribution in [2.45, 2.75) is 0 Å². The van der Waals surface area contributed by atoms with E-state index in [-0.39, 0.29) is 0 Å². The van der Waals surface area contributed by atoms with Crippen LogP contribution in [0.2, 0.25) is 0 Å². The zero-order valence-electron chi connectivity index (χ0n) is 13.2. The van der Waals surface area contributed by atoms with Gasteiger partial charge in [0, 0.05) is 0 Å². The second-order valence-corrected chi connectivity index (χ2v) is 8.51. The van der Waals surface area contributed by atoms with Crippen molar-refractivity contribution in [1.29, 1.82) is 0 Å². The normalized spacial score (nSPS) is 12.2. The van der Waals surface area contributed by atoms with Gasteiger partial charge in [-0.3, -0.25) is 0 Å². The van der Waals surface area contributed by atoms with Gasteiger partial charge in [-0.15, -0.1) is 0 Å². The molecule has 0 amide bonds. The van der Waals surface area contributed by atoms with Crippen LogP contribution in [0.25, 0.3) is 21.5 Å². The summed E-state index contributed by atoms with van der Waals surface area (Å²) >= 11 is 6.26. The first-order valence-corrected chi connectivity index (χ1v) is 10.6. The molecule has 0 bridgehead atoms. The molecule has 0 spiro atoms. The standard InChI is InChI=1S/C20H16ClO3P/c21-25(22,23-19-13-5-9-15-7-1-3-11-17(15)19)24-20-14-6-10-16-8-2-4-12-18(16)20/h1-14,22,25H. The molecule has 0 radical (unpaired) electrons. The molecule has 25 heavy (non-hydrogen) atoms. The van der Waals surface area contributed by atoms with E-state index in [1.807, 2.05) is 72.8 Å². The van der Waals surface area contributed by atoms with Gasteiger partial charge in [0.2, 0.25) is 0 Å². The van der Waals surface area contributed by atoms with E-state index in [1.165, 1.54) is 0 Å². The van der Waals surface area contributed by atoms with Crippen molar-refractivity contribution in [3.8, 4) is 11.5 Å². The SMILES string of the molecule is O[PH](Cl)(Oc1cccc2ccccc12)Oc1cccc2ccccc12. The van der Waals surface area contributed by atoms with E-state index in [0.29, 0.717) is 11.5 Å². The van der Waals surface area contributed by atoms with Gasteiger partial charge in [-0.25, -0.2) is 0 Å². The zero-order valence-corrected chi connectivity index (χ0v) is 15.0. The molecule has 1 N–H and O–H groups in total. The molecule has 3 nitrogen and oxygen atoms in total. The number of halogens is 1. The Morgan fingerprint density at radius 3 is 1.48 bits per heavy atom. The number of hydrogen-bond acceptors (Lipinski definition) is 3. The van der Waals surface area contributed by atoms with E-state index < -0.39 is 7.30 Å². The third kappa shape index (κ3) is 3.40. The van der Waals surface area contributed by atoms with Crippen LogP contribution < -0.4 is 9.05 Å². The van der Waals surface area contributed by atoms with Crippen LogP contribution in [0, 0.1) is 0 Å². The summed E-state index contributed by atoms with van der Waals surface area (Å²) in [5.74, 6) is 1.00. The number of fused-ring (bicyclic) bond motifs is 2. The Hall–Kier alpha value is -2.32. The second kappa shape index (κ2) is 6.53. The third-order valence-electron chi connectivity index (χ3n) is 3.97. The molecule has 4 aromatic carbocycles. The van der Waals surface area contributed by atoms with Crippen LogP contribution in [0.4, 0.5) is 0 Å². The van der Waals surface area contributed by atoms with Crippen molar-refractivity contribution in [2.75, 3.05) is 0 Å². The van der Waals surface area contributed by atoms with Gasteiger partial charge in [0.15, 0.2) is 0 Å². The Bertz CT molecular complexity index is 955. The molecule has 0 atom stereocenters. The van der Waals surface area contributed by atoms with Crippen LogP contribution in [0.15, 0.2) is 84.9 Å². The van der Waals surface area contributed by atoms with Crippen molar-refractivity contribution < 1.29 is 13.9 Å². The fourth-order valence-corrected chi connectivity index (χ4v) is 4.30. The number of benzene rings is 4. The van der Waals surface area contributed by atoms with E-state index in [0.717, 1.165) is 21.5 Å². The molecule has 4 rings (SSSR count). The molecule has 0 heterocycles. The van der Waals surface area contributed by atoms with Crippen LogP contribution in [0.1, 0.15) is 0 Å². The Balaban J connectivity index is 1.67. The fraction of sp³-hybridized carbons (Fsp3) is 0. The molecular formula is C20H16ClO3P. The van der Waals surface area contributed by atoms with Gasteiger partial charge in [0.05, 0.1) is 0 Å². The van der Waals surface area contributed by atoms with Gasteiger partial charge in [0.25, 0.3) is 0 Å². The average Bonchev–Trinajstić information content (AvgIpc) is 2.62. The van der Waals surface area contributed by atoms with Crippen LogP contribution in [-0.2, 0) is 0 Å². The maximum atomic E-state index is 10.6. The van der Waals surface area contributed by atoms with E-state index in [1.54, 1.807) is 12.1 Å². The molecule has 126 valence electrons. The van der Waals surface area contributed by atoms with Crippen LogP contribution in [0.5, 0.6) is 11.5 Å². The molecule has 0 saturated carbocycles. The Labute approximate surface area is 150 Å². The molecular weight excluding hydrogens is 355 g/mol. The average molecular weight is 371 g/mol. The summed E-state index contributed by atoms with van der Waals surface area (Å²) in [6.07, 6.45) is 0. The Morgan fingerprint density at radius 1 is 0.600 bits per heavy atom. The molecule has 0 aliphatic carbocycles. The molecule has 5 heteroatoms. The summed E-state index contributed by atoms with van der Waals surface area (Å²) < 4.78 is 11.4. The zero-order chi connectivity index (χ0) is 17.3. The van der Waals surface area contributed by atoms with Crippen LogP contribution in [0.3, 0.4) is 0 Å². The van der Waals surface area contributed by atoms with Gasteiger partial charge < -0.3 is 0 Å². The van der Waals surface area contributed by atoms with E-state index in [2.05, 4.69) is 0 Å². The topological polar surface area (TPSA) is 38.7 Å². The van der Waals surface area contributed by atoms with Crippen molar-refractivity contribution >= 4 is 40.1 Å². The monoisotopic (exact) mass is 370 g/mol. The van der Waals surface area contributed by atoms with Crippen LogP contribution >= 0.6 is 18.5 Å². The summed E-state index contributed by atoms with van der Waals surface area (Å²) in [6, 6.07) is 26.7. The Kier molecular flexibility index (Phi) is 4.22. The van der Waals surface area contributed by atoms with Gasteiger partial charge in [-0.2, -0.15) is 0 Å².